The van der Waals surface area contributed by atoms with Crippen molar-refractivity contribution >= 4 is 43.7 Å². The monoisotopic (exact) mass is 234 g/mol. The molecular formula is C7H14CaO6. The summed E-state index contributed by atoms with van der Waals surface area (Å²) in [5, 5.41) is 45.2. The summed E-state index contributed by atoms with van der Waals surface area (Å²) in [5.41, 5.74) is -2.14. The van der Waals surface area contributed by atoms with Crippen LogP contribution in [0.3, 0.4) is 0 Å². The molecule has 4 atom stereocenters. The van der Waals surface area contributed by atoms with E-state index in [1.807, 2.05) is 0 Å². The maximum Gasteiger partial charge on any atom is 2.00 e. The number of aliphatic carboxylic acids is 1. The number of rotatable bonds is 1. The minimum Gasteiger partial charge on any atom is -1.00 e. The van der Waals surface area contributed by atoms with Crippen LogP contribution < -0.4 is 0 Å². The second-order valence-corrected chi connectivity index (χ2v) is 3.37. The smallest absolute Gasteiger partial charge is 1.00 e. The third kappa shape index (κ3) is 2.79. The second kappa shape index (κ2) is 5.07. The van der Waals surface area contributed by atoms with Gasteiger partial charge in [0.1, 0.15) is 6.10 Å². The van der Waals surface area contributed by atoms with Gasteiger partial charge in [0.15, 0.2) is 5.60 Å². The zero-order valence-corrected chi connectivity index (χ0v) is 9.71. The molecule has 5 N–H and O–H groups in total. The second-order valence-electron chi connectivity index (χ2n) is 3.37. The van der Waals surface area contributed by atoms with Gasteiger partial charge in [-0.25, -0.2) is 4.79 Å². The number of aliphatic hydroxyl groups is 4. The molecule has 1 aliphatic carbocycles. The first-order valence-electron chi connectivity index (χ1n) is 3.87. The maximum atomic E-state index is 10.5. The fraction of sp³-hybridized carbons (Fsp3) is 0.857. The van der Waals surface area contributed by atoms with E-state index in [9.17, 15) is 9.90 Å². The first-order chi connectivity index (χ1) is 5.87. The van der Waals surface area contributed by atoms with Gasteiger partial charge in [0.05, 0.1) is 12.2 Å². The van der Waals surface area contributed by atoms with Crippen LogP contribution >= 0.6 is 0 Å². The summed E-state index contributed by atoms with van der Waals surface area (Å²) in [7, 11) is 0. The van der Waals surface area contributed by atoms with Crippen LogP contribution in [0, 0.1) is 0 Å². The van der Waals surface area contributed by atoms with E-state index in [-0.39, 0.29) is 40.6 Å². The van der Waals surface area contributed by atoms with E-state index in [0.717, 1.165) is 0 Å². The van der Waals surface area contributed by atoms with Gasteiger partial charge in [0, 0.05) is 12.8 Å². The van der Waals surface area contributed by atoms with Gasteiger partial charge in [0.25, 0.3) is 0 Å². The molecule has 7 heteroatoms. The zero-order chi connectivity index (χ0) is 10.2. The van der Waals surface area contributed by atoms with Crippen molar-refractivity contribution in [1.82, 2.24) is 0 Å². The molecule has 0 spiro atoms. The maximum absolute atomic E-state index is 10.5. The van der Waals surface area contributed by atoms with Gasteiger partial charge in [0.2, 0.25) is 0 Å². The van der Waals surface area contributed by atoms with Crippen molar-refractivity contribution in [1.29, 1.82) is 0 Å². The quantitative estimate of drug-likeness (QED) is 0.321. The minimum atomic E-state index is -2.14. The number of carbonyl (C=O) groups is 1. The molecule has 14 heavy (non-hydrogen) atoms. The Morgan fingerprint density at radius 1 is 1.21 bits per heavy atom. The molecule has 0 radical (unpaired) electrons. The molecule has 0 aliphatic heterocycles. The molecule has 3 unspecified atom stereocenters. The van der Waals surface area contributed by atoms with Gasteiger partial charge in [-0.1, -0.05) is 0 Å². The standard InChI is InChI=1S/C7H12O6.Ca.2H/c8-3-1-7(13,6(11)12)2-4(9)5(3)10;;;/h3-5,8-10,13H,1-2H2,(H,11,12);;;/q;+2;2*-1/t3-,4?,5?,7?;;;/m1.../s1. The van der Waals surface area contributed by atoms with Gasteiger partial charge in [-0.05, 0) is 0 Å². The fourth-order valence-electron chi connectivity index (χ4n) is 1.45. The van der Waals surface area contributed by atoms with E-state index in [4.69, 9.17) is 20.4 Å². The average molecular weight is 234 g/mol. The number of aliphatic hydroxyl groups excluding tert-OH is 3. The molecule has 1 rings (SSSR count). The van der Waals surface area contributed by atoms with Crippen LogP contribution in [0.5, 0.6) is 0 Å². The summed E-state index contributed by atoms with van der Waals surface area (Å²) in [4.78, 5) is 10.5. The summed E-state index contributed by atoms with van der Waals surface area (Å²) >= 11 is 0. The van der Waals surface area contributed by atoms with Crippen molar-refractivity contribution in [3.8, 4) is 0 Å². The Bertz CT molecular complexity index is 217. The van der Waals surface area contributed by atoms with E-state index >= 15 is 0 Å². The molecule has 1 saturated carbocycles. The average Bonchev–Trinajstić information content (AvgIpc) is 2.00. The van der Waals surface area contributed by atoms with Crippen LogP contribution in [-0.4, -0.2) is 93.2 Å². The summed E-state index contributed by atoms with van der Waals surface area (Å²) in [6, 6.07) is 0. The zero-order valence-electron chi connectivity index (χ0n) is 9.50. The van der Waals surface area contributed by atoms with Crippen molar-refractivity contribution in [2.75, 3.05) is 0 Å². The van der Waals surface area contributed by atoms with E-state index in [1.54, 1.807) is 0 Å². The van der Waals surface area contributed by atoms with Gasteiger partial charge in [-0.3, -0.25) is 0 Å². The predicted octanol–water partition coefficient (Wildman–Crippen LogP) is -2.48. The van der Waals surface area contributed by atoms with E-state index < -0.39 is 42.7 Å². The van der Waals surface area contributed by atoms with E-state index in [1.165, 1.54) is 0 Å². The van der Waals surface area contributed by atoms with Crippen LogP contribution in [0.25, 0.3) is 0 Å². The molecule has 0 aromatic heterocycles. The Kier molecular flexibility index (Phi) is 5.27. The van der Waals surface area contributed by atoms with Gasteiger partial charge in [-0.15, -0.1) is 0 Å². The van der Waals surface area contributed by atoms with Gasteiger partial charge < -0.3 is 28.4 Å². The summed E-state index contributed by atoms with van der Waals surface area (Å²) in [6.07, 6.45) is -5.16. The van der Waals surface area contributed by atoms with E-state index in [2.05, 4.69) is 0 Å². The number of hydrogen-bond donors (Lipinski definition) is 5. The minimum absolute atomic E-state index is 0. The Labute approximate surface area is 113 Å². The molecular weight excluding hydrogens is 220 g/mol. The Balaban J connectivity index is -0.000000563. The molecule has 0 heterocycles. The first kappa shape index (κ1) is 14.6. The van der Waals surface area contributed by atoms with Crippen LogP contribution in [0.15, 0.2) is 0 Å². The van der Waals surface area contributed by atoms with Crippen LogP contribution in [-0.2, 0) is 4.79 Å². The molecule has 1 fully saturated rings. The summed E-state index contributed by atoms with van der Waals surface area (Å²) < 4.78 is 0. The summed E-state index contributed by atoms with van der Waals surface area (Å²) in [6.45, 7) is 0. The van der Waals surface area contributed by atoms with Crippen molar-refractivity contribution < 1.29 is 33.2 Å². The third-order valence-corrected chi connectivity index (χ3v) is 2.28. The van der Waals surface area contributed by atoms with Crippen LogP contribution in [0.4, 0.5) is 0 Å². The van der Waals surface area contributed by atoms with Crippen molar-refractivity contribution in [3.63, 3.8) is 0 Å². The van der Waals surface area contributed by atoms with E-state index in [0.29, 0.717) is 0 Å². The van der Waals surface area contributed by atoms with Crippen LogP contribution in [0.2, 0.25) is 0 Å². The molecule has 0 aromatic rings. The van der Waals surface area contributed by atoms with Gasteiger partial charge >= 0.3 is 43.7 Å². The first-order valence-corrected chi connectivity index (χ1v) is 3.87. The molecule has 0 bridgehead atoms. The van der Waals surface area contributed by atoms with Crippen molar-refractivity contribution in [2.24, 2.45) is 0 Å². The number of carboxylic acid groups (broad SMARTS) is 1. The molecule has 80 valence electrons. The molecule has 0 saturated heterocycles. The van der Waals surface area contributed by atoms with Gasteiger partial charge in [-0.2, -0.15) is 0 Å². The molecule has 6 nitrogen and oxygen atoms in total. The summed E-state index contributed by atoms with van der Waals surface area (Å²) in [5.74, 6) is -1.50. The van der Waals surface area contributed by atoms with Crippen LogP contribution in [0.1, 0.15) is 15.7 Å². The number of carboxylic acids is 1. The number of hydrogen-bond acceptors (Lipinski definition) is 5. The SMILES string of the molecule is O=C(O)C1(O)CC(O)C(O)[C@H](O)C1.[Ca+2].[H-].[H-]. The Morgan fingerprint density at radius 2 is 1.57 bits per heavy atom. The topological polar surface area (TPSA) is 118 Å². The van der Waals surface area contributed by atoms with Crippen molar-refractivity contribution in [2.45, 2.75) is 36.8 Å². The van der Waals surface area contributed by atoms with Crippen molar-refractivity contribution in [3.05, 3.63) is 0 Å². The molecule has 0 amide bonds. The predicted molar refractivity (Wildman–Crippen MR) is 47.8 cm³/mol. The molecule has 1 aliphatic rings. The Hall–Kier alpha value is 0.570. The molecule has 0 aromatic carbocycles. The fourth-order valence-corrected chi connectivity index (χ4v) is 1.45. The normalized spacial score (nSPS) is 42.7. The Morgan fingerprint density at radius 3 is 1.86 bits per heavy atom. The third-order valence-electron chi connectivity index (χ3n) is 2.28. The largest absolute Gasteiger partial charge is 2.00 e.